The number of benzene rings is 2. The van der Waals surface area contributed by atoms with Gasteiger partial charge in [-0.2, -0.15) is 0 Å². The molecule has 1 heterocycles. The van der Waals surface area contributed by atoms with Crippen molar-refractivity contribution in [2.45, 2.75) is 26.2 Å². The molecule has 0 atom stereocenters. The predicted octanol–water partition coefficient (Wildman–Crippen LogP) is 4.00. The fourth-order valence-corrected chi connectivity index (χ4v) is 2.57. The number of carbonyl (C=O) groups excluding carboxylic acids is 2. The second kappa shape index (κ2) is 7.70. The predicted molar refractivity (Wildman–Crippen MR) is 98.3 cm³/mol. The lowest BCUT2D eigenvalue weighted by Gasteiger charge is -2.10. The van der Waals surface area contributed by atoms with Gasteiger partial charge in [0.05, 0.1) is 13.0 Å². The zero-order valence-corrected chi connectivity index (χ0v) is 14.1. The molecule has 0 aromatic heterocycles. The van der Waals surface area contributed by atoms with Crippen LogP contribution in [0.5, 0.6) is 5.75 Å². The normalized spacial score (nSPS) is 12.3. The Balaban J connectivity index is 1.54. The molecule has 0 saturated heterocycles. The molecule has 25 heavy (non-hydrogen) atoms. The molecule has 2 aromatic carbocycles. The van der Waals surface area contributed by atoms with Crippen molar-refractivity contribution in [2.75, 3.05) is 22.6 Å². The molecule has 0 radical (unpaired) electrons. The molecule has 0 fully saturated rings. The lowest BCUT2D eigenvalue weighted by Crippen LogP contribution is -2.19. The summed E-state index contributed by atoms with van der Waals surface area (Å²) in [5.41, 5.74) is 3.01. The Kier molecular flexibility index (Phi) is 5.18. The first-order chi connectivity index (χ1) is 12.1. The number of unbranched alkanes of at least 4 members (excludes halogenated alkanes) is 1. The Bertz CT molecular complexity index is 772. The van der Waals surface area contributed by atoms with Crippen LogP contribution in [0.1, 0.15) is 25.3 Å². The van der Waals surface area contributed by atoms with Crippen molar-refractivity contribution < 1.29 is 14.3 Å². The van der Waals surface area contributed by atoms with Crippen molar-refractivity contribution >= 4 is 29.0 Å². The van der Waals surface area contributed by atoms with E-state index in [-0.39, 0.29) is 11.9 Å². The van der Waals surface area contributed by atoms with Gasteiger partial charge in [-0.25, -0.2) is 4.79 Å². The quantitative estimate of drug-likeness (QED) is 0.696. The third-order valence-corrected chi connectivity index (χ3v) is 3.87. The first-order valence-electron chi connectivity index (χ1n) is 8.37. The number of anilines is 3. The highest BCUT2D eigenvalue weighted by molar-refractivity contribution is 6.02. The third kappa shape index (κ3) is 4.50. The number of urea groups is 1. The van der Waals surface area contributed by atoms with Crippen molar-refractivity contribution in [3.8, 4) is 5.75 Å². The highest BCUT2D eigenvalue weighted by atomic mass is 16.5. The van der Waals surface area contributed by atoms with Gasteiger partial charge in [0.15, 0.2) is 0 Å². The second-order valence-corrected chi connectivity index (χ2v) is 5.90. The Morgan fingerprint density at radius 3 is 2.60 bits per heavy atom. The smallest absolute Gasteiger partial charge is 0.323 e. The second-order valence-electron chi connectivity index (χ2n) is 5.90. The number of amides is 3. The summed E-state index contributed by atoms with van der Waals surface area (Å²) in [6.07, 6.45) is 2.45. The fourth-order valence-electron chi connectivity index (χ4n) is 2.57. The van der Waals surface area contributed by atoms with Gasteiger partial charge in [0.2, 0.25) is 5.91 Å². The van der Waals surface area contributed by atoms with Crippen molar-refractivity contribution in [1.82, 2.24) is 0 Å². The monoisotopic (exact) mass is 339 g/mol. The van der Waals surface area contributed by atoms with Crippen LogP contribution >= 0.6 is 0 Å². The van der Waals surface area contributed by atoms with Gasteiger partial charge in [-0.3, -0.25) is 4.79 Å². The largest absolute Gasteiger partial charge is 0.494 e. The molecule has 3 rings (SSSR count). The molecule has 3 N–H and O–H groups in total. The number of hydrogen-bond donors (Lipinski definition) is 3. The van der Waals surface area contributed by atoms with E-state index in [1.807, 2.05) is 12.1 Å². The Morgan fingerprint density at radius 1 is 1.12 bits per heavy atom. The Labute approximate surface area is 146 Å². The summed E-state index contributed by atoms with van der Waals surface area (Å²) in [6.45, 7) is 2.81. The molecular weight excluding hydrogens is 318 g/mol. The fraction of sp³-hybridized carbons (Fsp3) is 0.263. The highest BCUT2D eigenvalue weighted by Crippen LogP contribution is 2.26. The number of carbonyl (C=O) groups is 2. The van der Waals surface area contributed by atoms with E-state index in [1.165, 1.54) is 0 Å². The minimum absolute atomic E-state index is 0.0298. The zero-order valence-electron chi connectivity index (χ0n) is 14.1. The van der Waals surface area contributed by atoms with Gasteiger partial charge >= 0.3 is 6.03 Å². The first-order valence-corrected chi connectivity index (χ1v) is 8.37. The van der Waals surface area contributed by atoms with E-state index in [0.29, 0.717) is 24.4 Å². The minimum Gasteiger partial charge on any atom is -0.494 e. The van der Waals surface area contributed by atoms with Crippen LogP contribution in [0.3, 0.4) is 0 Å². The molecule has 1 aliphatic heterocycles. The molecule has 0 aliphatic carbocycles. The topological polar surface area (TPSA) is 79.5 Å². The van der Waals surface area contributed by atoms with E-state index >= 15 is 0 Å². The van der Waals surface area contributed by atoms with Gasteiger partial charge in [-0.15, -0.1) is 0 Å². The van der Waals surface area contributed by atoms with E-state index in [1.54, 1.807) is 30.3 Å². The summed E-state index contributed by atoms with van der Waals surface area (Å²) < 4.78 is 5.59. The van der Waals surface area contributed by atoms with Gasteiger partial charge in [0.1, 0.15) is 5.75 Å². The van der Waals surface area contributed by atoms with Gasteiger partial charge in [0, 0.05) is 17.1 Å². The molecule has 3 amide bonds. The van der Waals surface area contributed by atoms with Crippen LogP contribution in [0.25, 0.3) is 0 Å². The van der Waals surface area contributed by atoms with Crippen LogP contribution in [0, 0.1) is 0 Å². The van der Waals surface area contributed by atoms with Gasteiger partial charge in [-0.05, 0) is 54.4 Å². The molecule has 6 nitrogen and oxygen atoms in total. The van der Waals surface area contributed by atoms with E-state index in [2.05, 4.69) is 22.9 Å². The maximum Gasteiger partial charge on any atom is 0.323 e. The molecule has 6 heteroatoms. The van der Waals surface area contributed by atoms with Crippen molar-refractivity contribution in [1.29, 1.82) is 0 Å². The summed E-state index contributed by atoms with van der Waals surface area (Å²) in [5, 5.41) is 8.31. The van der Waals surface area contributed by atoms with Crippen LogP contribution in [0.2, 0.25) is 0 Å². The average molecular weight is 339 g/mol. The Hall–Kier alpha value is -3.02. The van der Waals surface area contributed by atoms with Crippen molar-refractivity contribution in [3.05, 3.63) is 48.0 Å². The molecule has 0 saturated carbocycles. The van der Waals surface area contributed by atoms with Gasteiger partial charge < -0.3 is 20.7 Å². The van der Waals surface area contributed by atoms with Gasteiger partial charge in [0.25, 0.3) is 0 Å². The average Bonchev–Trinajstić information content (AvgIpc) is 2.96. The minimum atomic E-state index is -0.336. The number of ether oxygens (including phenoxy) is 1. The SMILES string of the molecule is CCCCOc1ccc(NC(=O)Nc2ccc3c(c2)CC(=O)N3)cc1. The van der Waals surface area contributed by atoms with Crippen LogP contribution in [-0.4, -0.2) is 18.5 Å². The van der Waals surface area contributed by atoms with Gasteiger partial charge in [-0.1, -0.05) is 13.3 Å². The third-order valence-electron chi connectivity index (χ3n) is 3.87. The molecule has 130 valence electrons. The van der Waals surface area contributed by atoms with Crippen LogP contribution in [0.15, 0.2) is 42.5 Å². The molecule has 0 bridgehead atoms. The summed E-state index contributed by atoms with van der Waals surface area (Å²) in [5.74, 6) is 0.757. The van der Waals surface area contributed by atoms with E-state index in [9.17, 15) is 9.59 Å². The zero-order chi connectivity index (χ0) is 17.6. The maximum absolute atomic E-state index is 12.1. The summed E-state index contributed by atoms with van der Waals surface area (Å²) in [4.78, 5) is 23.5. The standard InChI is InChI=1S/C19H21N3O3/c1-2-3-10-25-16-7-4-14(5-8-16)20-19(24)21-15-6-9-17-13(11-15)12-18(23)22-17/h4-9,11H,2-3,10,12H2,1H3,(H,22,23)(H2,20,21,24). The number of nitrogens with one attached hydrogen (secondary N) is 3. The first kappa shape index (κ1) is 16.8. The molecule has 2 aromatic rings. The molecular formula is C19H21N3O3. The lowest BCUT2D eigenvalue weighted by molar-refractivity contribution is -0.115. The van der Waals surface area contributed by atoms with E-state index in [4.69, 9.17) is 4.74 Å². The number of fused-ring (bicyclic) bond motifs is 1. The lowest BCUT2D eigenvalue weighted by atomic mass is 10.1. The van der Waals surface area contributed by atoms with Crippen LogP contribution in [0.4, 0.5) is 21.9 Å². The molecule has 0 unspecified atom stereocenters. The summed E-state index contributed by atoms with van der Waals surface area (Å²) in [7, 11) is 0. The highest BCUT2D eigenvalue weighted by Gasteiger charge is 2.17. The van der Waals surface area contributed by atoms with Crippen molar-refractivity contribution in [3.63, 3.8) is 0 Å². The summed E-state index contributed by atoms with van der Waals surface area (Å²) in [6, 6.07) is 12.3. The van der Waals surface area contributed by atoms with Crippen molar-refractivity contribution in [2.24, 2.45) is 0 Å². The number of hydrogen-bond acceptors (Lipinski definition) is 3. The summed E-state index contributed by atoms with van der Waals surface area (Å²) >= 11 is 0. The maximum atomic E-state index is 12.1. The van der Waals surface area contributed by atoms with E-state index in [0.717, 1.165) is 29.8 Å². The number of rotatable bonds is 6. The molecule has 1 aliphatic rings. The van der Waals surface area contributed by atoms with E-state index < -0.39 is 0 Å². The molecule has 0 spiro atoms. The van der Waals surface area contributed by atoms with Crippen LogP contribution < -0.4 is 20.7 Å². The van der Waals surface area contributed by atoms with Crippen LogP contribution in [-0.2, 0) is 11.2 Å². The Morgan fingerprint density at radius 2 is 1.84 bits per heavy atom.